The molecule has 4 nitrogen and oxygen atoms in total. The summed E-state index contributed by atoms with van der Waals surface area (Å²) in [6.07, 6.45) is 23.5. The molecule has 11 atom stereocenters. The highest BCUT2D eigenvalue weighted by molar-refractivity contribution is 7.92. The standard InChI is InChI=1S/C42H66N2O2S/c1-28(2)32-15-20-42(43-23-24-44-26-31-25-30(44)27-47(31,45)46)22-21-40(6)34(37(32)42)13-14-36-39(5)18-16-33(29-11-9-8-10-12-29)38(3,4)35(39)17-19-41(36,40)7/h11,16,30-32,34-37,43H,1,8-10,12-15,17-27H2,2-7H3. The first-order valence-electron chi connectivity index (χ1n) is 19.9. The number of fused-ring (bicyclic) bond motifs is 9. The van der Waals surface area contributed by atoms with E-state index >= 15 is 0 Å². The summed E-state index contributed by atoms with van der Waals surface area (Å²) in [4.78, 5) is 2.49. The number of hydrogen-bond acceptors (Lipinski definition) is 4. The van der Waals surface area contributed by atoms with Crippen molar-refractivity contribution in [3.05, 3.63) is 35.5 Å². The molecular formula is C42H66N2O2S. The first kappa shape index (κ1) is 33.2. The first-order chi connectivity index (χ1) is 22.2. The maximum absolute atomic E-state index is 12.4. The Morgan fingerprint density at radius 3 is 2.45 bits per heavy atom. The lowest BCUT2D eigenvalue weighted by atomic mass is 9.33. The molecule has 2 heterocycles. The topological polar surface area (TPSA) is 49.4 Å². The molecular weight excluding hydrogens is 597 g/mol. The van der Waals surface area contributed by atoms with Crippen molar-refractivity contribution in [2.75, 3.05) is 25.4 Å². The molecule has 6 fully saturated rings. The first-order valence-corrected chi connectivity index (χ1v) is 21.6. The highest BCUT2D eigenvalue weighted by Gasteiger charge is 2.70. The van der Waals surface area contributed by atoms with Crippen LogP contribution in [-0.2, 0) is 9.84 Å². The van der Waals surface area contributed by atoms with Crippen molar-refractivity contribution in [1.82, 2.24) is 10.2 Å². The van der Waals surface area contributed by atoms with Gasteiger partial charge in [-0.05, 0) is 159 Å². The van der Waals surface area contributed by atoms with Crippen LogP contribution in [0.1, 0.15) is 131 Å². The smallest absolute Gasteiger partial charge is 0.156 e. The number of nitrogens with one attached hydrogen (secondary N) is 1. The molecule has 8 rings (SSSR count). The van der Waals surface area contributed by atoms with Gasteiger partial charge in [0.1, 0.15) is 0 Å². The zero-order chi connectivity index (χ0) is 33.2. The predicted molar refractivity (Wildman–Crippen MR) is 195 cm³/mol. The Morgan fingerprint density at radius 1 is 0.957 bits per heavy atom. The van der Waals surface area contributed by atoms with Crippen LogP contribution in [0.3, 0.4) is 0 Å². The summed E-state index contributed by atoms with van der Waals surface area (Å²) in [6.45, 7) is 23.2. The SMILES string of the molecule is C=C(C)C1CCC2(NCCN3CC4CC3CS4(=O)=O)CCC3(C)C(CCC4C5(C)CC=C(C6=CCCCC6)C(C)(C)C5CCC43C)C12. The third-order valence-electron chi connectivity index (χ3n) is 17.6. The fourth-order valence-corrected chi connectivity index (χ4v) is 17.3. The summed E-state index contributed by atoms with van der Waals surface area (Å²) in [5.41, 5.74) is 6.41. The maximum atomic E-state index is 12.4. The van der Waals surface area contributed by atoms with Crippen molar-refractivity contribution in [1.29, 1.82) is 0 Å². The summed E-state index contributed by atoms with van der Waals surface area (Å²) in [6, 6.07) is 0.253. The lowest BCUT2D eigenvalue weighted by Crippen LogP contribution is -2.68. The average molecular weight is 663 g/mol. The molecule has 0 aromatic carbocycles. The maximum Gasteiger partial charge on any atom is 0.156 e. The van der Waals surface area contributed by atoms with Crippen LogP contribution < -0.4 is 5.32 Å². The summed E-state index contributed by atoms with van der Waals surface area (Å²) >= 11 is 0. The van der Waals surface area contributed by atoms with Crippen LogP contribution in [0.5, 0.6) is 0 Å². The Labute approximate surface area is 288 Å². The van der Waals surface area contributed by atoms with E-state index in [1.54, 1.807) is 11.1 Å². The quantitative estimate of drug-likeness (QED) is 0.289. The molecule has 8 aliphatic rings. The van der Waals surface area contributed by atoms with Gasteiger partial charge in [0.25, 0.3) is 0 Å². The molecule has 0 aromatic heterocycles. The van der Waals surface area contributed by atoms with E-state index in [9.17, 15) is 8.42 Å². The van der Waals surface area contributed by atoms with Gasteiger partial charge in [-0.3, -0.25) is 4.90 Å². The van der Waals surface area contributed by atoms with Crippen LogP contribution >= 0.6 is 0 Å². The number of likely N-dealkylation sites (tertiary alicyclic amines) is 1. The normalized spacial score (nSPS) is 49.7. The van der Waals surface area contributed by atoms with Gasteiger partial charge in [0.15, 0.2) is 9.84 Å². The van der Waals surface area contributed by atoms with Crippen LogP contribution in [0.4, 0.5) is 0 Å². The molecule has 2 aliphatic heterocycles. The fraction of sp³-hybridized carbons (Fsp3) is 0.857. The molecule has 0 radical (unpaired) electrons. The van der Waals surface area contributed by atoms with Gasteiger partial charge in [-0.1, -0.05) is 58.9 Å². The molecule has 5 heteroatoms. The fourth-order valence-electron chi connectivity index (χ4n) is 15.2. The van der Waals surface area contributed by atoms with Crippen molar-refractivity contribution >= 4 is 9.84 Å². The van der Waals surface area contributed by atoms with Crippen LogP contribution in [0.25, 0.3) is 0 Å². The van der Waals surface area contributed by atoms with Gasteiger partial charge in [-0.25, -0.2) is 8.42 Å². The van der Waals surface area contributed by atoms with E-state index in [4.69, 9.17) is 0 Å². The second kappa shape index (κ2) is 11.0. The van der Waals surface area contributed by atoms with Gasteiger partial charge in [0.2, 0.25) is 0 Å². The Hall–Kier alpha value is -0.910. The van der Waals surface area contributed by atoms with E-state index in [0.717, 1.165) is 43.8 Å². The number of rotatable bonds is 6. The Bertz CT molecular complexity index is 1480. The molecule has 0 spiro atoms. The summed E-state index contributed by atoms with van der Waals surface area (Å²) in [7, 11) is -2.84. The highest BCUT2D eigenvalue weighted by atomic mass is 32.2. The largest absolute Gasteiger partial charge is 0.310 e. The lowest BCUT2D eigenvalue weighted by molar-refractivity contribution is -0.221. The van der Waals surface area contributed by atoms with Crippen LogP contribution in [0.2, 0.25) is 0 Å². The van der Waals surface area contributed by atoms with E-state index in [2.05, 4.69) is 70.5 Å². The van der Waals surface area contributed by atoms with Gasteiger partial charge in [-0.15, -0.1) is 0 Å². The predicted octanol–water partition coefficient (Wildman–Crippen LogP) is 8.89. The number of allylic oxidation sites excluding steroid dienone is 5. The molecule has 2 saturated heterocycles. The second-order valence-corrected chi connectivity index (χ2v) is 21.9. The minimum atomic E-state index is -2.84. The van der Waals surface area contributed by atoms with Gasteiger partial charge in [-0.2, -0.15) is 0 Å². The number of sulfone groups is 1. The van der Waals surface area contributed by atoms with Gasteiger partial charge < -0.3 is 5.32 Å². The molecule has 0 amide bonds. The third kappa shape index (κ3) is 4.66. The molecule has 4 saturated carbocycles. The van der Waals surface area contributed by atoms with Gasteiger partial charge in [0, 0.05) is 31.2 Å². The minimum Gasteiger partial charge on any atom is -0.310 e. The van der Waals surface area contributed by atoms with Crippen LogP contribution in [-0.4, -0.2) is 55.5 Å². The van der Waals surface area contributed by atoms with E-state index < -0.39 is 9.84 Å². The van der Waals surface area contributed by atoms with E-state index in [1.807, 2.05) is 0 Å². The molecule has 11 unspecified atom stereocenters. The summed E-state index contributed by atoms with van der Waals surface area (Å²) in [5.74, 6) is 3.98. The van der Waals surface area contributed by atoms with Gasteiger partial charge in [0.05, 0.1) is 11.0 Å². The Balaban J connectivity index is 1.05. The van der Waals surface area contributed by atoms with E-state index in [-0.39, 0.29) is 22.2 Å². The Morgan fingerprint density at radius 2 is 1.77 bits per heavy atom. The van der Waals surface area contributed by atoms with Crippen LogP contribution in [0.15, 0.2) is 35.5 Å². The second-order valence-electron chi connectivity index (χ2n) is 19.6. The van der Waals surface area contributed by atoms with Gasteiger partial charge >= 0.3 is 0 Å². The molecule has 262 valence electrons. The Kier molecular flexibility index (Phi) is 7.81. The van der Waals surface area contributed by atoms with Crippen molar-refractivity contribution in [3.8, 4) is 0 Å². The summed E-state index contributed by atoms with van der Waals surface area (Å²) in [5, 5.41) is 4.17. The lowest BCUT2D eigenvalue weighted by Gasteiger charge is -2.72. The van der Waals surface area contributed by atoms with Crippen molar-refractivity contribution < 1.29 is 8.42 Å². The molecule has 0 aromatic rings. The molecule has 1 N–H and O–H groups in total. The third-order valence-corrected chi connectivity index (χ3v) is 19.8. The number of hydrogen-bond donors (Lipinski definition) is 1. The summed E-state index contributed by atoms with van der Waals surface area (Å²) < 4.78 is 24.8. The molecule has 47 heavy (non-hydrogen) atoms. The molecule has 2 bridgehead atoms. The highest BCUT2D eigenvalue weighted by Crippen LogP contribution is 2.76. The molecule has 6 aliphatic carbocycles. The van der Waals surface area contributed by atoms with Crippen molar-refractivity contribution in [3.63, 3.8) is 0 Å². The van der Waals surface area contributed by atoms with Crippen molar-refractivity contribution in [2.45, 2.75) is 148 Å². The zero-order valence-corrected chi connectivity index (χ0v) is 31.6. The van der Waals surface area contributed by atoms with E-state index in [0.29, 0.717) is 33.8 Å². The minimum absolute atomic E-state index is 0.109. The average Bonchev–Trinajstić information content (AvgIpc) is 3.68. The van der Waals surface area contributed by atoms with E-state index in [1.165, 1.54) is 89.0 Å². The van der Waals surface area contributed by atoms with Crippen LogP contribution in [0, 0.1) is 51.2 Å². The zero-order valence-electron chi connectivity index (χ0n) is 30.8. The van der Waals surface area contributed by atoms with Crippen molar-refractivity contribution in [2.24, 2.45) is 51.2 Å². The monoisotopic (exact) mass is 662 g/mol. The number of nitrogens with zero attached hydrogens (tertiary/aromatic N) is 1.